The summed E-state index contributed by atoms with van der Waals surface area (Å²) in [5.74, 6) is 0.619. The molecule has 0 radical (unpaired) electrons. The van der Waals surface area contributed by atoms with Crippen molar-refractivity contribution in [3.8, 4) is 10.6 Å². The lowest BCUT2D eigenvalue weighted by Crippen LogP contribution is -2.20. The average Bonchev–Trinajstić information content (AvgIpc) is 2.93. The van der Waals surface area contributed by atoms with E-state index in [1.165, 1.54) is 4.68 Å². The summed E-state index contributed by atoms with van der Waals surface area (Å²) in [4.78, 5) is 12.8. The summed E-state index contributed by atoms with van der Waals surface area (Å²) in [6.45, 7) is 1.79. The predicted molar refractivity (Wildman–Crippen MR) is 65.1 cm³/mol. The molecule has 17 heavy (non-hydrogen) atoms. The molecule has 0 unspecified atom stereocenters. The highest BCUT2D eigenvalue weighted by Gasteiger charge is 2.17. The smallest absolute Gasteiger partial charge is 0.296 e. The molecule has 5 nitrogen and oxygen atoms in total. The Kier molecular flexibility index (Phi) is 2.12. The van der Waals surface area contributed by atoms with Gasteiger partial charge in [0, 0.05) is 7.05 Å². The molecule has 6 heteroatoms. The molecule has 3 rings (SSSR count). The first kappa shape index (κ1) is 10.2. The van der Waals surface area contributed by atoms with Crippen LogP contribution in [0, 0.1) is 6.92 Å². The first-order valence-corrected chi connectivity index (χ1v) is 5.93. The number of aryl methyl sites for hydroxylation is 2. The minimum atomic E-state index is -0.239. The fourth-order valence-electron chi connectivity index (χ4n) is 1.78. The summed E-state index contributed by atoms with van der Waals surface area (Å²) in [6.07, 6.45) is 0. The van der Waals surface area contributed by atoms with Gasteiger partial charge in [0.25, 0.3) is 5.56 Å². The third kappa shape index (κ3) is 1.41. The van der Waals surface area contributed by atoms with Crippen LogP contribution in [0.5, 0.6) is 0 Å². The monoisotopic (exact) mass is 247 g/mol. The lowest BCUT2D eigenvalue weighted by molar-refractivity contribution is 0.405. The molecule has 0 saturated heterocycles. The van der Waals surface area contributed by atoms with Crippen LogP contribution >= 0.6 is 11.3 Å². The Morgan fingerprint density at radius 2 is 2.29 bits per heavy atom. The molecule has 0 aliphatic rings. The minimum Gasteiger partial charge on any atom is -0.360 e. The van der Waals surface area contributed by atoms with Crippen LogP contribution in [-0.2, 0) is 7.05 Å². The van der Waals surface area contributed by atoms with Gasteiger partial charge in [0.05, 0.1) is 10.3 Å². The topological polar surface area (TPSA) is 60.9 Å². The van der Waals surface area contributed by atoms with Crippen LogP contribution in [0.2, 0.25) is 0 Å². The number of rotatable bonds is 1. The van der Waals surface area contributed by atoms with E-state index in [0.717, 1.165) is 10.6 Å². The van der Waals surface area contributed by atoms with Gasteiger partial charge >= 0.3 is 0 Å². The van der Waals surface area contributed by atoms with Gasteiger partial charge in [-0.25, -0.2) is 4.68 Å². The Bertz CT molecular complexity index is 740. The molecule has 0 atom stereocenters. The van der Waals surface area contributed by atoms with E-state index in [1.54, 1.807) is 25.3 Å². The number of hydrogen-bond acceptors (Lipinski definition) is 5. The van der Waals surface area contributed by atoms with E-state index in [0.29, 0.717) is 16.7 Å². The van der Waals surface area contributed by atoms with Crippen molar-refractivity contribution in [2.45, 2.75) is 6.92 Å². The zero-order chi connectivity index (χ0) is 12.0. The largest absolute Gasteiger partial charge is 0.360 e. The Hall–Kier alpha value is -1.95. The number of hydrogen-bond donors (Lipinski definition) is 0. The van der Waals surface area contributed by atoms with Crippen LogP contribution in [0.25, 0.3) is 21.5 Å². The molecule has 0 bridgehead atoms. The molecule has 86 valence electrons. The highest BCUT2D eigenvalue weighted by molar-refractivity contribution is 7.13. The van der Waals surface area contributed by atoms with E-state index in [9.17, 15) is 4.79 Å². The first-order valence-electron chi connectivity index (χ1n) is 5.05. The van der Waals surface area contributed by atoms with Crippen molar-refractivity contribution in [1.82, 2.24) is 14.9 Å². The van der Waals surface area contributed by atoms with Crippen molar-refractivity contribution in [1.29, 1.82) is 0 Å². The van der Waals surface area contributed by atoms with E-state index in [-0.39, 0.29) is 5.56 Å². The molecule has 0 aromatic carbocycles. The molecule has 0 aliphatic carbocycles. The molecular formula is C11H9N3O2S. The van der Waals surface area contributed by atoms with Crippen LogP contribution in [0.15, 0.2) is 26.8 Å². The van der Waals surface area contributed by atoms with E-state index < -0.39 is 0 Å². The zero-order valence-electron chi connectivity index (χ0n) is 9.30. The van der Waals surface area contributed by atoms with E-state index in [2.05, 4.69) is 10.3 Å². The first-order chi connectivity index (χ1) is 8.18. The fraction of sp³-hybridized carbons (Fsp3) is 0.182. The minimum absolute atomic E-state index is 0.239. The fourth-order valence-corrected chi connectivity index (χ4v) is 2.50. The van der Waals surface area contributed by atoms with Gasteiger partial charge in [0.1, 0.15) is 11.5 Å². The van der Waals surface area contributed by atoms with Gasteiger partial charge in [-0.15, -0.1) is 11.3 Å². The molecule has 0 amide bonds. The number of nitrogens with zero attached hydrogens (tertiary/aromatic N) is 3. The summed E-state index contributed by atoms with van der Waals surface area (Å²) in [5, 5.41) is 10.8. The molecule has 0 N–H and O–H groups in total. The maximum atomic E-state index is 11.8. The third-order valence-corrected chi connectivity index (χ3v) is 3.48. The van der Waals surface area contributed by atoms with Crippen molar-refractivity contribution < 1.29 is 4.52 Å². The van der Waals surface area contributed by atoms with Crippen LogP contribution in [0.4, 0.5) is 0 Å². The van der Waals surface area contributed by atoms with Crippen molar-refractivity contribution >= 4 is 22.2 Å². The van der Waals surface area contributed by atoms with Gasteiger partial charge in [-0.1, -0.05) is 11.2 Å². The summed E-state index contributed by atoms with van der Waals surface area (Å²) < 4.78 is 6.38. The summed E-state index contributed by atoms with van der Waals surface area (Å²) >= 11 is 1.57. The second kappa shape index (κ2) is 3.53. The second-order valence-corrected chi connectivity index (χ2v) is 4.66. The Morgan fingerprint density at radius 3 is 3.00 bits per heavy atom. The molecular weight excluding hydrogens is 238 g/mol. The molecule has 0 fully saturated rings. The number of aromatic nitrogens is 3. The SMILES string of the molecule is Cc1onc2c(=O)n(C)nc(-c3cccs3)c12. The Labute approximate surface area is 100 Å². The molecule has 0 spiro atoms. The summed E-state index contributed by atoms with van der Waals surface area (Å²) in [6, 6.07) is 3.91. The quantitative estimate of drug-likeness (QED) is 0.659. The number of thiophene rings is 1. The zero-order valence-corrected chi connectivity index (χ0v) is 10.1. The normalized spacial score (nSPS) is 11.2. The second-order valence-electron chi connectivity index (χ2n) is 3.72. The van der Waals surface area contributed by atoms with Gasteiger partial charge in [0.15, 0.2) is 5.52 Å². The average molecular weight is 247 g/mol. The Balaban J connectivity index is 2.50. The van der Waals surface area contributed by atoms with Crippen LogP contribution in [-0.4, -0.2) is 14.9 Å². The lowest BCUT2D eigenvalue weighted by atomic mass is 10.2. The van der Waals surface area contributed by atoms with E-state index in [1.807, 2.05) is 17.5 Å². The van der Waals surface area contributed by atoms with Crippen LogP contribution < -0.4 is 5.56 Å². The van der Waals surface area contributed by atoms with Crippen molar-refractivity contribution in [3.05, 3.63) is 33.6 Å². The highest BCUT2D eigenvalue weighted by atomic mass is 32.1. The Morgan fingerprint density at radius 1 is 1.47 bits per heavy atom. The third-order valence-electron chi connectivity index (χ3n) is 2.60. The molecule has 3 aromatic rings. The lowest BCUT2D eigenvalue weighted by Gasteiger charge is -2.01. The summed E-state index contributed by atoms with van der Waals surface area (Å²) in [5.41, 5.74) is 0.844. The maximum Gasteiger partial charge on any atom is 0.296 e. The van der Waals surface area contributed by atoms with Gasteiger partial charge in [-0.05, 0) is 18.4 Å². The van der Waals surface area contributed by atoms with E-state index in [4.69, 9.17) is 4.52 Å². The highest BCUT2D eigenvalue weighted by Crippen LogP contribution is 2.29. The molecule has 3 heterocycles. The van der Waals surface area contributed by atoms with Gasteiger partial charge in [0.2, 0.25) is 0 Å². The van der Waals surface area contributed by atoms with Crippen LogP contribution in [0.1, 0.15) is 5.76 Å². The molecule has 0 aliphatic heterocycles. The standard InChI is InChI=1S/C11H9N3O2S/c1-6-8-9(7-4-3-5-17-7)12-14(2)11(15)10(8)13-16-6/h3-5H,1-2H3. The van der Waals surface area contributed by atoms with Crippen molar-refractivity contribution in [2.24, 2.45) is 7.05 Å². The van der Waals surface area contributed by atoms with Gasteiger partial charge in [-0.2, -0.15) is 5.10 Å². The van der Waals surface area contributed by atoms with Crippen LogP contribution in [0.3, 0.4) is 0 Å². The molecule has 0 saturated carbocycles. The van der Waals surface area contributed by atoms with Crippen molar-refractivity contribution in [2.75, 3.05) is 0 Å². The maximum absolute atomic E-state index is 11.8. The van der Waals surface area contributed by atoms with E-state index >= 15 is 0 Å². The van der Waals surface area contributed by atoms with Gasteiger partial charge < -0.3 is 4.52 Å². The van der Waals surface area contributed by atoms with Gasteiger partial charge in [-0.3, -0.25) is 4.79 Å². The van der Waals surface area contributed by atoms with Crippen molar-refractivity contribution in [3.63, 3.8) is 0 Å². The number of fused-ring (bicyclic) bond motifs is 1. The predicted octanol–water partition coefficient (Wildman–Crippen LogP) is 1.96. The summed E-state index contributed by atoms with van der Waals surface area (Å²) in [7, 11) is 1.61. The molecule has 3 aromatic heterocycles.